The number of anilines is 1. The number of nitrogens with zero attached hydrogens (tertiary/aromatic N) is 6. The third kappa shape index (κ3) is 4.78. The Bertz CT molecular complexity index is 1400. The molecule has 3 aromatic heterocycles. The van der Waals surface area contributed by atoms with Gasteiger partial charge in [0, 0.05) is 43.7 Å². The van der Waals surface area contributed by atoms with Crippen molar-refractivity contribution in [3.05, 3.63) is 60.0 Å². The minimum absolute atomic E-state index is 0.192. The number of amides is 2. The molecular weight excluding hydrogens is 462 g/mol. The molecule has 4 aromatic rings. The third-order valence-corrected chi connectivity index (χ3v) is 5.84. The van der Waals surface area contributed by atoms with Crippen LogP contribution in [0.3, 0.4) is 0 Å². The lowest BCUT2D eigenvalue weighted by Gasteiger charge is -2.26. The summed E-state index contributed by atoms with van der Waals surface area (Å²) in [4.78, 5) is 32.4. The summed E-state index contributed by atoms with van der Waals surface area (Å²) in [6, 6.07) is 11.1. The summed E-state index contributed by atoms with van der Waals surface area (Å²) >= 11 is 0. The van der Waals surface area contributed by atoms with Crippen LogP contribution in [0.15, 0.2) is 48.8 Å². The largest absolute Gasteiger partial charge is 0.494 e. The first-order valence-electron chi connectivity index (χ1n) is 11.8. The van der Waals surface area contributed by atoms with E-state index in [0.717, 1.165) is 17.7 Å². The van der Waals surface area contributed by atoms with Crippen molar-refractivity contribution in [2.75, 3.05) is 38.2 Å². The Morgan fingerprint density at radius 3 is 2.81 bits per heavy atom. The Hall–Kier alpha value is -4.25. The van der Waals surface area contributed by atoms with E-state index in [0.29, 0.717) is 50.1 Å². The van der Waals surface area contributed by atoms with Crippen LogP contribution in [0, 0.1) is 0 Å². The van der Waals surface area contributed by atoms with Crippen molar-refractivity contribution in [1.29, 1.82) is 0 Å². The van der Waals surface area contributed by atoms with Crippen LogP contribution in [-0.4, -0.2) is 74.0 Å². The van der Waals surface area contributed by atoms with Crippen molar-refractivity contribution in [2.24, 2.45) is 7.05 Å². The molecule has 0 saturated carbocycles. The van der Waals surface area contributed by atoms with Crippen molar-refractivity contribution < 1.29 is 19.1 Å². The Balaban J connectivity index is 1.36. The zero-order chi connectivity index (χ0) is 25.1. The highest BCUT2D eigenvalue weighted by atomic mass is 16.5. The first kappa shape index (κ1) is 23.5. The second-order valence-electron chi connectivity index (χ2n) is 8.42. The fraction of sp³-hybridized carbons (Fsp3) is 0.320. The second kappa shape index (κ2) is 10.2. The van der Waals surface area contributed by atoms with Gasteiger partial charge >= 0.3 is 0 Å². The number of hydrogen-bond acceptors (Lipinski definition) is 7. The molecule has 1 aromatic carbocycles. The minimum atomic E-state index is -0.434. The van der Waals surface area contributed by atoms with Crippen LogP contribution in [0.1, 0.15) is 34.2 Å². The zero-order valence-electron chi connectivity index (χ0n) is 20.2. The highest BCUT2D eigenvalue weighted by Gasteiger charge is 2.27. The molecule has 36 heavy (non-hydrogen) atoms. The Morgan fingerprint density at radius 1 is 1.17 bits per heavy atom. The molecule has 186 valence electrons. The van der Waals surface area contributed by atoms with Crippen molar-refractivity contribution >= 4 is 23.1 Å². The number of nitrogens with one attached hydrogen (secondary N) is 1. The normalized spacial score (nSPS) is 13.7. The molecule has 0 bridgehead atoms. The van der Waals surface area contributed by atoms with Gasteiger partial charge in [0.05, 0.1) is 31.6 Å². The number of rotatable bonds is 7. The maximum absolute atomic E-state index is 13.2. The van der Waals surface area contributed by atoms with E-state index in [9.17, 15) is 9.59 Å². The molecule has 1 saturated heterocycles. The summed E-state index contributed by atoms with van der Waals surface area (Å²) in [6.45, 7) is 4.61. The van der Waals surface area contributed by atoms with Gasteiger partial charge in [0.1, 0.15) is 11.4 Å². The van der Waals surface area contributed by atoms with Gasteiger partial charge in [0.2, 0.25) is 0 Å². The van der Waals surface area contributed by atoms with E-state index in [1.54, 1.807) is 34.8 Å². The van der Waals surface area contributed by atoms with E-state index < -0.39 is 5.91 Å². The molecule has 11 nitrogen and oxygen atoms in total. The number of pyridine rings is 1. The number of carbonyl (C=O) groups is 2. The average Bonchev–Trinajstić information content (AvgIpc) is 3.51. The van der Waals surface area contributed by atoms with Gasteiger partial charge in [-0.25, -0.2) is 9.50 Å². The van der Waals surface area contributed by atoms with Gasteiger partial charge in [-0.2, -0.15) is 5.10 Å². The van der Waals surface area contributed by atoms with Crippen molar-refractivity contribution in [3.63, 3.8) is 0 Å². The fourth-order valence-corrected chi connectivity index (χ4v) is 4.02. The molecule has 2 amide bonds. The van der Waals surface area contributed by atoms with E-state index in [1.165, 1.54) is 10.9 Å². The van der Waals surface area contributed by atoms with E-state index in [1.807, 2.05) is 24.3 Å². The van der Waals surface area contributed by atoms with E-state index in [2.05, 4.69) is 27.4 Å². The topological polar surface area (TPSA) is 116 Å². The molecule has 11 heteroatoms. The lowest BCUT2D eigenvalue weighted by Crippen LogP contribution is -2.41. The lowest BCUT2D eigenvalue weighted by atomic mass is 10.2. The Morgan fingerprint density at radius 2 is 2.00 bits per heavy atom. The van der Waals surface area contributed by atoms with Gasteiger partial charge in [0.25, 0.3) is 11.8 Å². The van der Waals surface area contributed by atoms with Gasteiger partial charge in [0.15, 0.2) is 11.5 Å². The number of ether oxygens (including phenoxy) is 2. The van der Waals surface area contributed by atoms with Crippen LogP contribution in [0.5, 0.6) is 5.75 Å². The molecule has 1 aliphatic rings. The summed E-state index contributed by atoms with van der Waals surface area (Å²) in [6.07, 6.45) is 4.08. The van der Waals surface area contributed by atoms with Crippen LogP contribution in [0.2, 0.25) is 0 Å². The SMILES string of the molecule is CCCOc1cccc(-c2nc3cc(NC(=O)c4c(C(=O)N5CCOCC5)cnn4C)ccn3n2)c1. The molecule has 0 atom stereocenters. The van der Waals surface area contributed by atoms with E-state index >= 15 is 0 Å². The molecule has 5 rings (SSSR count). The smallest absolute Gasteiger partial charge is 0.274 e. The minimum Gasteiger partial charge on any atom is -0.494 e. The van der Waals surface area contributed by atoms with Gasteiger partial charge < -0.3 is 19.7 Å². The molecule has 1 fully saturated rings. The second-order valence-corrected chi connectivity index (χ2v) is 8.42. The molecule has 0 radical (unpaired) electrons. The predicted octanol–water partition coefficient (Wildman–Crippen LogP) is 2.64. The number of aryl methyl sites for hydroxylation is 1. The lowest BCUT2D eigenvalue weighted by molar-refractivity contribution is 0.0302. The molecule has 4 heterocycles. The fourth-order valence-electron chi connectivity index (χ4n) is 4.02. The summed E-state index contributed by atoms with van der Waals surface area (Å²) in [7, 11) is 1.64. The van der Waals surface area contributed by atoms with E-state index in [-0.39, 0.29) is 17.2 Å². The quantitative estimate of drug-likeness (QED) is 0.424. The van der Waals surface area contributed by atoms with E-state index in [4.69, 9.17) is 9.47 Å². The zero-order valence-corrected chi connectivity index (χ0v) is 20.2. The maximum Gasteiger partial charge on any atom is 0.274 e. The summed E-state index contributed by atoms with van der Waals surface area (Å²) in [5.74, 6) is 0.640. The Labute approximate surface area is 207 Å². The number of fused-ring (bicyclic) bond motifs is 1. The number of benzene rings is 1. The van der Waals surface area contributed by atoms with Gasteiger partial charge in [-0.05, 0) is 24.6 Å². The van der Waals surface area contributed by atoms with Crippen molar-refractivity contribution in [1.82, 2.24) is 29.3 Å². The number of morpholine rings is 1. The molecule has 0 aliphatic carbocycles. The predicted molar refractivity (Wildman–Crippen MR) is 132 cm³/mol. The Kier molecular flexibility index (Phi) is 6.63. The highest BCUT2D eigenvalue weighted by molar-refractivity contribution is 6.11. The first-order chi connectivity index (χ1) is 17.5. The van der Waals surface area contributed by atoms with Gasteiger partial charge in [-0.1, -0.05) is 19.1 Å². The molecule has 1 aliphatic heterocycles. The standard InChI is InChI=1S/C25H27N7O4/c1-3-11-36-19-6-4-5-17(14-19)23-28-21-15-18(7-8-32(21)29-23)27-24(33)22-20(16-26-30(22)2)25(34)31-9-12-35-13-10-31/h4-8,14-16H,3,9-13H2,1-2H3,(H,27,33). The highest BCUT2D eigenvalue weighted by Crippen LogP contribution is 2.23. The number of hydrogen-bond donors (Lipinski definition) is 1. The molecule has 0 unspecified atom stereocenters. The first-order valence-corrected chi connectivity index (χ1v) is 11.8. The maximum atomic E-state index is 13.2. The van der Waals surface area contributed by atoms with Crippen LogP contribution < -0.4 is 10.1 Å². The van der Waals surface area contributed by atoms with Crippen molar-refractivity contribution in [3.8, 4) is 17.1 Å². The number of aromatic nitrogens is 5. The summed E-state index contributed by atoms with van der Waals surface area (Å²) in [5.41, 5.74) is 2.37. The van der Waals surface area contributed by atoms with Gasteiger partial charge in [-0.3, -0.25) is 14.3 Å². The molecular formula is C25H27N7O4. The van der Waals surface area contributed by atoms with Crippen LogP contribution in [0.25, 0.3) is 17.0 Å². The monoisotopic (exact) mass is 489 g/mol. The molecule has 1 N–H and O–H groups in total. The van der Waals surface area contributed by atoms with Crippen LogP contribution in [0.4, 0.5) is 5.69 Å². The van der Waals surface area contributed by atoms with Gasteiger partial charge in [-0.15, -0.1) is 5.10 Å². The summed E-state index contributed by atoms with van der Waals surface area (Å²) < 4.78 is 14.1. The van der Waals surface area contributed by atoms with Crippen molar-refractivity contribution in [2.45, 2.75) is 13.3 Å². The average molecular weight is 490 g/mol. The summed E-state index contributed by atoms with van der Waals surface area (Å²) in [5, 5.41) is 11.5. The number of carbonyl (C=O) groups excluding carboxylic acids is 2. The van der Waals surface area contributed by atoms with Crippen LogP contribution in [-0.2, 0) is 11.8 Å². The molecule has 0 spiro atoms. The third-order valence-electron chi connectivity index (χ3n) is 5.84. The van der Waals surface area contributed by atoms with Crippen LogP contribution >= 0.6 is 0 Å².